The van der Waals surface area contributed by atoms with Crippen LogP contribution in [0.4, 0.5) is 10.5 Å². The summed E-state index contributed by atoms with van der Waals surface area (Å²) in [7, 11) is 0. The summed E-state index contributed by atoms with van der Waals surface area (Å²) in [4.78, 5) is 29.0. The second kappa shape index (κ2) is 9.09. The molecule has 0 bridgehead atoms. The lowest BCUT2D eigenvalue weighted by Crippen LogP contribution is -2.39. The van der Waals surface area contributed by atoms with Crippen LogP contribution in [0.25, 0.3) is 0 Å². The van der Waals surface area contributed by atoms with Crippen LogP contribution in [0.5, 0.6) is 0 Å². The maximum atomic E-state index is 11.7. The number of hydrogen-bond acceptors (Lipinski definition) is 4. The standard InChI is InChI=1S/C16H25N5O2/c17-15(22)13-5-11-21(12-6-13)10-2-1-7-19-16(23)20-14-3-8-18-9-4-14/h3-4,8-9,13H,1-2,5-7,10-12H2,(H2,17,22)(H2,18,19,20,23). The van der Waals surface area contributed by atoms with Crippen molar-refractivity contribution in [3.63, 3.8) is 0 Å². The van der Waals surface area contributed by atoms with Crippen molar-refractivity contribution in [2.24, 2.45) is 11.7 Å². The molecule has 0 spiro atoms. The number of rotatable bonds is 7. The molecule has 3 amide bonds. The third kappa shape index (κ3) is 6.23. The van der Waals surface area contributed by atoms with E-state index in [2.05, 4.69) is 20.5 Å². The van der Waals surface area contributed by atoms with E-state index in [1.807, 2.05) is 0 Å². The second-order valence-corrected chi connectivity index (χ2v) is 5.84. The van der Waals surface area contributed by atoms with Gasteiger partial charge in [0.25, 0.3) is 0 Å². The molecule has 0 unspecified atom stereocenters. The molecule has 0 aromatic carbocycles. The fourth-order valence-electron chi connectivity index (χ4n) is 2.71. The molecule has 23 heavy (non-hydrogen) atoms. The average Bonchev–Trinajstić information content (AvgIpc) is 2.56. The van der Waals surface area contributed by atoms with Crippen LogP contribution in [0.15, 0.2) is 24.5 Å². The second-order valence-electron chi connectivity index (χ2n) is 5.84. The highest BCUT2D eigenvalue weighted by atomic mass is 16.2. The first kappa shape index (κ1) is 17.2. The highest BCUT2D eigenvalue weighted by Crippen LogP contribution is 2.16. The van der Waals surface area contributed by atoms with E-state index in [1.165, 1.54) is 0 Å². The first-order valence-electron chi connectivity index (χ1n) is 8.11. The molecule has 126 valence electrons. The highest BCUT2D eigenvalue weighted by molar-refractivity contribution is 5.88. The van der Waals surface area contributed by atoms with Gasteiger partial charge in [-0.25, -0.2) is 4.79 Å². The summed E-state index contributed by atoms with van der Waals surface area (Å²) >= 11 is 0. The molecule has 1 aromatic heterocycles. The van der Waals surface area contributed by atoms with E-state index in [9.17, 15) is 9.59 Å². The number of carbonyl (C=O) groups excluding carboxylic acids is 2. The smallest absolute Gasteiger partial charge is 0.319 e. The van der Waals surface area contributed by atoms with Crippen molar-refractivity contribution in [2.75, 3.05) is 31.5 Å². The summed E-state index contributed by atoms with van der Waals surface area (Å²) in [6, 6.07) is 3.29. The van der Waals surface area contributed by atoms with Gasteiger partial charge in [-0.05, 0) is 57.5 Å². The number of carbonyl (C=O) groups is 2. The van der Waals surface area contributed by atoms with Crippen LogP contribution in [0.3, 0.4) is 0 Å². The van der Waals surface area contributed by atoms with Crippen molar-refractivity contribution in [1.82, 2.24) is 15.2 Å². The molecule has 1 aliphatic rings. The predicted octanol–water partition coefficient (Wildman–Crippen LogP) is 1.18. The van der Waals surface area contributed by atoms with Crippen LogP contribution < -0.4 is 16.4 Å². The van der Waals surface area contributed by atoms with Gasteiger partial charge in [-0.1, -0.05) is 0 Å². The summed E-state index contributed by atoms with van der Waals surface area (Å²) in [5.74, 6) is -0.126. The molecule has 1 aliphatic heterocycles. The summed E-state index contributed by atoms with van der Waals surface area (Å²) < 4.78 is 0. The van der Waals surface area contributed by atoms with Crippen LogP contribution in [0, 0.1) is 5.92 Å². The Hall–Kier alpha value is -2.15. The van der Waals surface area contributed by atoms with Crippen molar-refractivity contribution in [3.05, 3.63) is 24.5 Å². The molecule has 0 atom stereocenters. The number of hydrogen-bond donors (Lipinski definition) is 3. The van der Waals surface area contributed by atoms with Gasteiger partial charge in [0, 0.05) is 30.5 Å². The first-order chi connectivity index (χ1) is 11.1. The number of urea groups is 1. The third-order valence-corrected chi connectivity index (χ3v) is 4.11. The molecular weight excluding hydrogens is 294 g/mol. The molecule has 2 rings (SSSR count). The number of piperidine rings is 1. The molecule has 0 saturated carbocycles. The molecule has 7 heteroatoms. The van der Waals surface area contributed by atoms with E-state index >= 15 is 0 Å². The van der Waals surface area contributed by atoms with Gasteiger partial charge in [0.05, 0.1) is 0 Å². The van der Waals surface area contributed by atoms with E-state index in [0.29, 0.717) is 6.54 Å². The molecule has 0 aliphatic carbocycles. The zero-order valence-corrected chi connectivity index (χ0v) is 13.3. The Kier molecular flexibility index (Phi) is 6.80. The largest absolute Gasteiger partial charge is 0.369 e. The number of nitrogens with zero attached hydrogens (tertiary/aromatic N) is 2. The van der Waals surface area contributed by atoms with Gasteiger partial charge in [-0.3, -0.25) is 9.78 Å². The quantitative estimate of drug-likeness (QED) is 0.657. The fourth-order valence-corrected chi connectivity index (χ4v) is 2.71. The van der Waals surface area contributed by atoms with Crippen molar-refractivity contribution < 1.29 is 9.59 Å². The fraction of sp³-hybridized carbons (Fsp3) is 0.562. The maximum Gasteiger partial charge on any atom is 0.319 e. The van der Waals surface area contributed by atoms with Crippen LogP contribution >= 0.6 is 0 Å². The number of nitrogens with two attached hydrogens (primary N) is 1. The Bertz CT molecular complexity index is 500. The van der Waals surface area contributed by atoms with Gasteiger partial charge in [0.2, 0.25) is 5.91 Å². The van der Waals surface area contributed by atoms with E-state index in [-0.39, 0.29) is 17.9 Å². The van der Waals surface area contributed by atoms with E-state index < -0.39 is 0 Å². The number of pyridine rings is 1. The van der Waals surface area contributed by atoms with E-state index in [0.717, 1.165) is 51.0 Å². The van der Waals surface area contributed by atoms with Crippen molar-refractivity contribution in [3.8, 4) is 0 Å². The summed E-state index contributed by atoms with van der Waals surface area (Å²) in [5, 5.41) is 5.59. The maximum absolute atomic E-state index is 11.7. The number of nitrogens with one attached hydrogen (secondary N) is 2. The minimum atomic E-state index is -0.196. The summed E-state index contributed by atoms with van der Waals surface area (Å²) in [6.45, 7) is 3.51. The van der Waals surface area contributed by atoms with Crippen LogP contribution in [-0.2, 0) is 4.79 Å². The zero-order valence-electron chi connectivity index (χ0n) is 13.3. The molecule has 1 saturated heterocycles. The molecule has 1 aromatic rings. The Balaban J connectivity index is 1.51. The number of aromatic nitrogens is 1. The normalized spacial score (nSPS) is 16.0. The minimum Gasteiger partial charge on any atom is -0.369 e. The van der Waals surface area contributed by atoms with Crippen LogP contribution in [-0.4, -0.2) is 48.0 Å². The molecule has 2 heterocycles. The molecular formula is C16H25N5O2. The number of likely N-dealkylation sites (tertiary alicyclic amines) is 1. The van der Waals surface area contributed by atoms with Crippen molar-refractivity contribution in [1.29, 1.82) is 0 Å². The number of unbranched alkanes of at least 4 members (excludes halogenated alkanes) is 1. The van der Waals surface area contributed by atoms with E-state index in [4.69, 9.17) is 5.73 Å². The predicted molar refractivity (Wildman–Crippen MR) is 88.9 cm³/mol. The van der Waals surface area contributed by atoms with Gasteiger partial charge in [-0.2, -0.15) is 0 Å². The molecule has 7 nitrogen and oxygen atoms in total. The molecule has 1 fully saturated rings. The summed E-state index contributed by atoms with van der Waals surface area (Å²) in [5.41, 5.74) is 6.06. The first-order valence-corrected chi connectivity index (χ1v) is 8.11. The molecule has 4 N–H and O–H groups in total. The Morgan fingerprint density at radius 1 is 1.22 bits per heavy atom. The monoisotopic (exact) mass is 319 g/mol. The minimum absolute atomic E-state index is 0.0461. The van der Waals surface area contributed by atoms with Gasteiger partial charge in [0.15, 0.2) is 0 Å². The molecule has 0 radical (unpaired) electrons. The lowest BCUT2D eigenvalue weighted by molar-refractivity contribution is -0.123. The van der Waals surface area contributed by atoms with Crippen molar-refractivity contribution in [2.45, 2.75) is 25.7 Å². The van der Waals surface area contributed by atoms with Gasteiger partial charge >= 0.3 is 6.03 Å². The van der Waals surface area contributed by atoms with Gasteiger partial charge in [0.1, 0.15) is 0 Å². The Morgan fingerprint density at radius 2 is 1.91 bits per heavy atom. The number of amides is 3. The lowest BCUT2D eigenvalue weighted by atomic mass is 9.96. The Morgan fingerprint density at radius 3 is 2.57 bits per heavy atom. The number of primary amides is 1. The van der Waals surface area contributed by atoms with Gasteiger partial charge < -0.3 is 21.3 Å². The van der Waals surface area contributed by atoms with Gasteiger partial charge in [-0.15, -0.1) is 0 Å². The third-order valence-electron chi connectivity index (χ3n) is 4.11. The lowest BCUT2D eigenvalue weighted by Gasteiger charge is -2.30. The average molecular weight is 319 g/mol. The zero-order chi connectivity index (χ0) is 16.5. The number of anilines is 1. The van der Waals surface area contributed by atoms with Crippen LogP contribution in [0.1, 0.15) is 25.7 Å². The van der Waals surface area contributed by atoms with Crippen molar-refractivity contribution >= 4 is 17.6 Å². The SMILES string of the molecule is NC(=O)C1CCN(CCCCNC(=O)Nc2ccncc2)CC1. The highest BCUT2D eigenvalue weighted by Gasteiger charge is 2.22. The Labute approximate surface area is 136 Å². The topological polar surface area (TPSA) is 100 Å². The van der Waals surface area contributed by atoms with Crippen LogP contribution in [0.2, 0.25) is 0 Å². The van der Waals surface area contributed by atoms with E-state index in [1.54, 1.807) is 24.5 Å². The summed E-state index contributed by atoms with van der Waals surface area (Å²) in [6.07, 6.45) is 6.95.